The van der Waals surface area contributed by atoms with Crippen molar-refractivity contribution in [3.05, 3.63) is 24.0 Å². The van der Waals surface area contributed by atoms with Crippen molar-refractivity contribution in [3.63, 3.8) is 0 Å². The summed E-state index contributed by atoms with van der Waals surface area (Å²) in [4.78, 5) is -0.00218. The van der Waals surface area contributed by atoms with Crippen LogP contribution in [0.1, 0.15) is 26.2 Å². The summed E-state index contributed by atoms with van der Waals surface area (Å²) in [6.07, 6.45) is 2.73. The summed E-state index contributed by atoms with van der Waals surface area (Å²) in [6, 6.07) is 3.37. The molecule has 1 aliphatic heterocycles. The standard InChI is InChI=1S/C12H17FN2O2S/c1-9-4-2-3-7-15(9)18(16,17)12-6-5-10(13)8-11(12)14/h5-6,8-9H,2-4,7,14H2,1H3. The van der Waals surface area contributed by atoms with Crippen LogP contribution in [-0.2, 0) is 10.0 Å². The fourth-order valence-corrected chi connectivity index (χ4v) is 4.11. The average Bonchev–Trinajstić information content (AvgIpc) is 2.28. The van der Waals surface area contributed by atoms with Crippen LogP contribution in [0.3, 0.4) is 0 Å². The van der Waals surface area contributed by atoms with Gasteiger partial charge in [0.15, 0.2) is 0 Å². The monoisotopic (exact) mass is 272 g/mol. The van der Waals surface area contributed by atoms with Crippen molar-refractivity contribution >= 4 is 15.7 Å². The number of nitrogens with zero attached hydrogens (tertiary/aromatic N) is 1. The van der Waals surface area contributed by atoms with E-state index in [0.717, 1.165) is 31.4 Å². The van der Waals surface area contributed by atoms with Gasteiger partial charge in [0.2, 0.25) is 10.0 Å². The number of benzene rings is 1. The molecule has 0 spiro atoms. The van der Waals surface area contributed by atoms with Gasteiger partial charge in [-0.05, 0) is 38.0 Å². The summed E-state index contributed by atoms with van der Waals surface area (Å²) >= 11 is 0. The summed E-state index contributed by atoms with van der Waals surface area (Å²) in [6.45, 7) is 2.39. The summed E-state index contributed by atoms with van der Waals surface area (Å²) in [5, 5.41) is 0. The molecule has 1 aromatic rings. The van der Waals surface area contributed by atoms with E-state index in [9.17, 15) is 12.8 Å². The van der Waals surface area contributed by atoms with Crippen LogP contribution in [0.4, 0.5) is 10.1 Å². The zero-order valence-electron chi connectivity index (χ0n) is 10.3. The zero-order chi connectivity index (χ0) is 13.3. The maximum Gasteiger partial charge on any atom is 0.245 e. The van der Waals surface area contributed by atoms with E-state index in [-0.39, 0.29) is 16.6 Å². The van der Waals surface area contributed by atoms with Crippen molar-refractivity contribution in [1.29, 1.82) is 0 Å². The normalized spacial score (nSPS) is 22.0. The lowest BCUT2D eigenvalue weighted by Crippen LogP contribution is -2.42. The van der Waals surface area contributed by atoms with Crippen LogP contribution < -0.4 is 5.73 Å². The van der Waals surface area contributed by atoms with Gasteiger partial charge in [0.1, 0.15) is 10.7 Å². The molecule has 1 fully saturated rings. The van der Waals surface area contributed by atoms with E-state index < -0.39 is 15.8 Å². The van der Waals surface area contributed by atoms with Gasteiger partial charge in [-0.25, -0.2) is 12.8 Å². The number of nitrogen functional groups attached to an aromatic ring is 1. The fourth-order valence-electron chi connectivity index (χ4n) is 2.31. The Kier molecular flexibility index (Phi) is 3.59. The van der Waals surface area contributed by atoms with Gasteiger partial charge in [-0.15, -0.1) is 0 Å². The molecule has 4 nitrogen and oxygen atoms in total. The molecule has 0 aromatic heterocycles. The molecule has 0 saturated carbocycles. The van der Waals surface area contributed by atoms with E-state index in [2.05, 4.69) is 0 Å². The number of nitrogens with two attached hydrogens (primary N) is 1. The molecule has 1 aliphatic rings. The number of anilines is 1. The molecule has 1 atom stereocenters. The lowest BCUT2D eigenvalue weighted by molar-refractivity contribution is 0.269. The number of sulfonamides is 1. The van der Waals surface area contributed by atoms with Gasteiger partial charge >= 0.3 is 0 Å². The molecule has 1 unspecified atom stereocenters. The van der Waals surface area contributed by atoms with Crippen molar-refractivity contribution < 1.29 is 12.8 Å². The van der Waals surface area contributed by atoms with Crippen molar-refractivity contribution in [1.82, 2.24) is 4.31 Å². The number of rotatable bonds is 2. The second-order valence-electron chi connectivity index (χ2n) is 4.64. The highest BCUT2D eigenvalue weighted by molar-refractivity contribution is 7.89. The lowest BCUT2D eigenvalue weighted by Gasteiger charge is -2.32. The summed E-state index contributed by atoms with van der Waals surface area (Å²) in [5.41, 5.74) is 5.58. The van der Waals surface area contributed by atoms with Crippen molar-refractivity contribution in [3.8, 4) is 0 Å². The number of halogens is 1. The van der Waals surface area contributed by atoms with Crippen LogP contribution in [0.2, 0.25) is 0 Å². The molecule has 1 saturated heterocycles. The second-order valence-corrected chi connectivity index (χ2v) is 6.50. The van der Waals surface area contributed by atoms with Crippen LogP contribution in [0.25, 0.3) is 0 Å². The third-order valence-corrected chi connectivity index (χ3v) is 5.39. The molecule has 2 rings (SSSR count). The summed E-state index contributed by atoms with van der Waals surface area (Å²) < 4.78 is 39.3. The molecule has 0 amide bonds. The van der Waals surface area contributed by atoms with Crippen molar-refractivity contribution in [2.24, 2.45) is 0 Å². The van der Waals surface area contributed by atoms with Gasteiger partial charge < -0.3 is 5.73 Å². The van der Waals surface area contributed by atoms with E-state index in [0.29, 0.717) is 6.54 Å². The zero-order valence-corrected chi connectivity index (χ0v) is 11.1. The Morgan fingerprint density at radius 3 is 2.72 bits per heavy atom. The first-order chi connectivity index (χ1) is 8.43. The van der Waals surface area contributed by atoms with Crippen LogP contribution in [0, 0.1) is 5.82 Å². The van der Waals surface area contributed by atoms with Gasteiger partial charge in [-0.2, -0.15) is 4.31 Å². The molecule has 6 heteroatoms. The van der Waals surface area contributed by atoms with Crippen molar-refractivity contribution in [2.45, 2.75) is 37.1 Å². The van der Waals surface area contributed by atoms with E-state index in [1.807, 2.05) is 6.92 Å². The third-order valence-electron chi connectivity index (χ3n) is 3.30. The minimum atomic E-state index is -3.62. The predicted molar refractivity (Wildman–Crippen MR) is 68.0 cm³/mol. The smallest absolute Gasteiger partial charge is 0.245 e. The topological polar surface area (TPSA) is 63.4 Å². The molecule has 0 aliphatic carbocycles. The molecule has 2 N–H and O–H groups in total. The number of hydrogen-bond acceptors (Lipinski definition) is 3. The summed E-state index contributed by atoms with van der Waals surface area (Å²) in [5.74, 6) is -0.529. The molecule has 0 bridgehead atoms. The Morgan fingerprint density at radius 1 is 1.39 bits per heavy atom. The van der Waals surface area contributed by atoms with Gasteiger partial charge in [0.25, 0.3) is 0 Å². The van der Waals surface area contributed by atoms with Crippen LogP contribution in [0.15, 0.2) is 23.1 Å². The Hall–Kier alpha value is -1.14. The second kappa shape index (κ2) is 4.85. The maximum atomic E-state index is 13.0. The molecule has 18 heavy (non-hydrogen) atoms. The quantitative estimate of drug-likeness (QED) is 0.837. The maximum absolute atomic E-state index is 13.0. The predicted octanol–water partition coefficient (Wildman–Crippen LogP) is 1.97. The first-order valence-electron chi connectivity index (χ1n) is 6.00. The van der Waals surface area contributed by atoms with Gasteiger partial charge in [0, 0.05) is 12.6 Å². The van der Waals surface area contributed by atoms with Crippen LogP contribution >= 0.6 is 0 Å². The Balaban J connectivity index is 2.41. The van der Waals surface area contributed by atoms with Crippen LogP contribution in [0.5, 0.6) is 0 Å². The molecular weight excluding hydrogens is 255 g/mol. The Bertz CT molecular complexity index is 545. The first kappa shape index (κ1) is 13.3. The lowest BCUT2D eigenvalue weighted by atomic mass is 10.1. The number of piperidine rings is 1. The average molecular weight is 272 g/mol. The van der Waals surface area contributed by atoms with Crippen molar-refractivity contribution in [2.75, 3.05) is 12.3 Å². The molecule has 0 radical (unpaired) electrons. The first-order valence-corrected chi connectivity index (χ1v) is 7.44. The highest BCUT2D eigenvalue weighted by Gasteiger charge is 2.32. The molecule has 1 aromatic carbocycles. The highest BCUT2D eigenvalue weighted by Crippen LogP contribution is 2.28. The van der Waals surface area contributed by atoms with E-state index >= 15 is 0 Å². The molecule has 1 heterocycles. The minimum absolute atomic E-state index is 0.00218. The largest absolute Gasteiger partial charge is 0.398 e. The summed E-state index contributed by atoms with van der Waals surface area (Å²) in [7, 11) is -3.62. The third kappa shape index (κ3) is 2.35. The number of hydrogen-bond donors (Lipinski definition) is 1. The molecular formula is C12H17FN2O2S. The van der Waals surface area contributed by atoms with E-state index in [1.54, 1.807) is 0 Å². The highest BCUT2D eigenvalue weighted by atomic mass is 32.2. The van der Waals surface area contributed by atoms with Crippen LogP contribution in [-0.4, -0.2) is 25.3 Å². The Labute approximate surface area is 107 Å². The minimum Gasteiger partial charge on any atom is -0.398 e. The van der Waals surface area contributed by atoms with Gasteiger partial charge in [0.05, 0.1) is 5.69 Å². The van der Waals surface area contributed by atoms with E-state index in [1.165, 1.54) is 10.4 Å². The van der Waals surface area contributed by atoms with E-state index in [4.69, 9.17) is 5.73 Å². The molecule has 100 valence electrons. The van der Waals surface area contributed by atoms with Gasteiger partial charge in [-0.1, -0.05) is 6.42 Å². The SMILES string of the molecule is CC1CCCCN1S(=O)(=O)c1ccc(F)cc1N. The van der Waals surface area contributed by atoms with Gasteiger partial charge in [-0.3, -0.25) is 0 Å². The fraction of sp³-hybridized carbons (Fsp3) is 0.500. The Morgan fingerprint density at radius 2 is 2.11 bits per heavy atom.